The molecular weight excluding hydrogens is 454 g/mol. The summed E-state index contributed by atoms with van der Waals surface area (Å²) in [4.78, 5) is 41.0. The van der Waals surface area contributed by atoms with Crippen molar-refractivity contribution < 1.29 is 29.7 Å². The van der Waals surface area contributed by atoms with E-state index in [-0.39, 0.29) is 36.2 Å². The summed E-state index contributed by atoms with van der Waals surface area (Å²) < 4.78 is 1.42. The van der Waals surface area contributed by atoms with Crippen LogP contribution in [0.2, 0.25) is 0 Å². The lowest BCUT2D eigenvalue weighted by Gasteiger charge is -2.49. The van der Waals surface area contributed by atoms with Crippen LogP contribution < -0.4 is 5.32 Å². The molecule has 0 bridgehead atoms. The van der Waals surface area contributed by atoms with Gasteiger partial charge in [0.05, 0.1) is 6.04 Å². The minimum absolute atomic E-state index is 0.0853. The van der Waals surface area contributed by atoms with E-state index in [4.69, 9.17) is 0 Å². The molecule has 2 fully saturated rings. The standard InChI is InChI=1S/C19H19N7O6S/c1-24-19(21-22-23-24)33-12-5-9-7-25(15-13(9)26(16(15)29)14(12)17(30)31)18(32)20-6-8-2-3-10(27)11(28)4-8/h2-4,9,13,15,27-28H,5-7H2,1H3,(H,20,32)(H,30,31)/t9-,13-,15+/m1/s1. The van der Waals surface area contributed by atoms with Gasteiger partial charge in [-0.15, -0.1) is 5.10 Å². The normalized spacial score (nSPS) is 23.4. The third kappa shape index (κ3) is 3.33. The maximum atomic E-state index is 12.9. The van der Waals surface area contributed by atoms with Gasteiger partial charge in [-0.3, -0.25) is 9.69 Å². The quantitative estimate of drug-likeness (QED) is 0.337. The van der Waals surface area contributed by atoms with Crippen LogP contribution in [-0.4, -0.2) is 81.9 Å². The first-order chi connectivity index (χ1) is 15.8. The average molecular weight is 473 g/mol. The number of carboxylic acids is 1. The summed E-state index contributed by atoms with van der Waals surface area (Å²) >= 11 is 1.10. The number of urea groups is 1. The van der Waals surface area contributed by atoms with Crippen LogP contribution >= 0.6 is 11.8 Å². The molecule has 3 aliphatic rings. The van der Waals surface area contributed by atoms with Crippen molar-refractivity contribution in [2.24, 2.45) is 13.0 Å². The molecule has 5 rings (SSSR count). The van der Waals surface area contributed by atoms with Gasteiger partial charge in [0.25, 0.3) is 5.91 Å². The summed E-state index contributed by atoms with van der Waals surface area (Å²) in [6, 6.07) is 2.64. The molecular formula is C19H19N7O6S. The second kappa shape index (κ2) is 7.65. The van der Waals surface area contributed by atoms with Gasteiger partial charge >= 0.3 is 12.0 Å². The molecule has 14 heteroatoms. The second-order valence-corrected chi connectivity index (χ2v) is 9.07. The molecule has 0 aliphatic carbocycles. The number of aromatic nitrogens is 4. The van der Waals surface area contributed by atoms with Crippen molar-refractivity contribution in [1.29, 1.82) is 0 Å². The molecule has 3 atom stereocenters. The van der Waals surface area contributed by atoms with E-state index in [1.54, 1.807) is 13.1 Å². The number of nitrogens with one attached hydrogen (secondary N) is 1. The largest absolute Gasteiger partial charge is 0.504 e. The molecule has 1 aromatic heterocycles. The van der Waals surface area contributed by atoms with Gasteiger partial charge in [0.15, 0.2) is 11.5 Å². The van der Waals surface area contributed by atoms with Crippen molar-refractivity contribution in [3.8, 4) is 11.5 Å². The van der Waals surface area contributed by atoms with E-state index in [0.717, 1.165) is 11.8 Å². The first-order valence-electron chi connectivity index (χ1n) is 10.0. The fourth-order valence-corrected chi connectivity index (χ4v) is 5.61. The zero-order chi connectivity index (χ0) is 23.4. The lowest BCUT2D eigenvalue weighted by molar-refractivity contribution is -0.155. The van der Waals surface area contributed by atoms with E-state index in [0.29, 0.717) is 22.0 Å². The van der Waals surface area contributed by atoms with Crippen LogP contribution in [0, 0.1) is 5.92 Å². The molecule has 4 heterocycles. The molecule has 33 heavy (non-hydrogen) atoms. The molecule has 3 aliphatic heterocycles. The van der Waals surface area contributed by atoms with E-state index in [9.17, 15) is 29.7 Å². The number of amides is 3. The second-order valence-electron chi connectivity index (χ2n) is 8.01. The van der Waals surface area contributed by atoms with Gasteiger partial charge in [0.1, 0.15) is 11.7 Å². The highest BCUT2D eigenvalue weighted by atomic mass is 32.2. The Morgan fingerprint density at radius 1 is 1.27 bits per heavy atom. The Balaban J connectivity index is 1.33. The Hall–Kier alpha value is -3.81. The molecule has 172 valence electrons. The predicted molar refractivity (Wildman–Crippen MR) is 111 cm³/mol. The Morgan fingerprint density at radius 2 is 2.06 bits per heavy atom. The van der Waals surface area contributed by atoms with Gasteiger partial charge in [-0.05, 0) is 34.5 Å². The number of tetrazole rings is 1. The Labute approximate surface area is 190 Å². The Kier molecular flexibility index (Phi) is 4.88. The van der Waals surface area contributed by atoms with Gasteiger partial charge in [-0.1, -0.05) is 17.8 Å². The van der Waals surface area contributed by atoms with Crippen molar-refractivity contribution in [3.63, 3.8) is 0 Å². The average Bonchev–Trinajstić information content (AvgIpc) is 3.35. The first-order valence-corrected chi connectivity index (χ1v) is 10.8. The number of β-lactam (4-membered cyclic amide) rings is 1. The summed E-state index contributed by atoms with van der Waals surface area (Å²) in [7, 11) is 1.63. The van der Waals surface area contributed by atoms with Crippen LogP contribution in [0.1, 0.15) is 12.0 Å². The topological polar surface area (TPSA) is 174 Å². The number of phenols is 2. The van der Waals surface area contributed by atoms with Crippen LogP contribution in [0.25, 0.3) is 0 Å². The minimum atomic E-state index is -1.21. The van der Waals surface area contributed by atoms with Crippen molar-refractivity contribution in [2.45, 2.75) is 30.2 Å². The minimum Gasteiger partial charge on any atom is -0.504 e. The van der Waals surface area contributed by atoms with Gasteiger partial charge in [-0.25, -0.2) is 14.3 Å². The van der Waals surface area contributed by atoms with Gasteiger partial charge in [0, 0.05) is 31.0 Å². The van der Waals surface area contributed by atoms with Crippen molar-refractivity contribution >= 4 is 29.7 Å². The number of benzene rings is 1. The lowest BCUT2D eigenvalue weighted by Crippen LogP contribution is -2.69. The SMILES string of the molecule is Cn1nnnc1SC1=C(C(=O)O)N2C(=O)[C@@H]3[C@H]2[C@H](C1)CN3C(=O)NCc1ccc(O)c(O)c1. The monoisotopic (exact) mass is 473 g/mol. The zero-order valence-electron chi connectivity index (χ0n) is 17.2. The van der Waals surface area contributed by atoms with Gasteiger partial charge in [-0.2, -0.15) is 0 Å². The van der Waals surface area contributed by atoms with Crippen LogP contribution in [0.3, 0.4) is 0 Å². The number of hydrogen-bond acceptors (Lipinski definition) is 9. The molecule has 0 saturated carbocycles. The number of hydrogen-bond donors (Lipinski definition) is 4. The number of carboxylic acid groups (broad SMARTS) is 1. The number of aryl methyl sites for hydroxylation is 1. The number of aromatic hydroxyl groups is 2. The highest BCUT2D eigenvalue weighted by Crippen LogP contribution is 2.50. The fourth-order valence-electron chi connectivity index (χ4n) is 4.57. The predicted octanol–water partition coefficient (Wildman–Crippen LogP) is -0.166. The highest BCUT2D eigenvalue weighted by molar-refractivity contribution is 8.03. The van der Waals surface area contributed by atoms with Crippen LogP contribution in [-0.2, 0) is 23.2 Å². The van der Waals surface area contributed by atoms with Crippen LogP contribution in [0.5, 0.6) is 11.5 Å². The van der Waals surface area contributed by atoms with Crippen LogP contribution in [0.15, 0.2) is 34.0 Å². The maximum absolute atomic E-state index is 12.9. The zero-order valence-corrected chi connectivity index (χ0v) is 18.1. The molecule has 3 amide bonds. The van der Waals surface area contributed by atoms with Gasteiger partial charge in [0.2, 0.25) is 5.16 Å². The molecule has 0 radical (unpaired) electrons. The number of carbonyl (C=O) groups is 3. The Bertz CT molecular complexity index is 1210. The molecule has 1 aromatic carbocycles. The summed E-state index contributed by atoms with van der Waals surface area (Å²) in [5.74, 6) is -2.34. The molecule has 0 unspecified atom stereocenters. The molecule has 2 saturated heterocycles. The highest BCUT2D eigenvalue weighted by Gasteiger charge is 2.64. The fraction of sp³-hybridized carbons (Fsp3) is 0.368. The van der Waals surface area contributed by atoms with Gasteiger partial charge < -0.3 is 25.5 Å². The van der Waals surface area contributed by atoms with E-state index < -0.39 is 30.0 Å². The first kappa shape index (κ1) is 21.1. The molecule has 4 N–H and O–H groups in total. The smallest absolute Gasteiger partial charge is 0.353 e. The number of likely N-dealkylation sites (tertiary alicyclic amines) is 1. The summed E-state index contributed by atoms with van der Waals surface area (Å²) in [5.41, 5.74) is 0.481. The van der Waals surface area contributed by atoms with E-state index >= 15 is 0 Å². The number of rotatable bonds is 5. The molecule has 2 aromatic rings. The van der Waals surface area contributed by atoms with Crippen molar-refractivity contribution in [3.05, 3.63) is 34.4 Å². The van der Waals surface area contributed by atoms with Crippen molar-refractivity contribution in [1.82, 2.24) is 35.3 Å². The third-order valence-corrected chi connectivity index (χ3v) is 7.19. The summed E-state index contributed by atoms with van der Waals surface area (Å²) in [6.07, 6.45) is 0.375. The van der Waals surface area contributed by atoms with Crippen molar-refractivity contribution in [2.75, 3.05) is 6.54 Å². The molecule has 13 nitrogen and oxygen atoms in total. The number of thioether (sulfide) groups is 1. The number of nitrogens with zero attached hydrogens (tertiary/aromatic N) is 6. The van der Waals surface area contributed by atoms with E-state index in [2.05, 4.69) is 20.8 Å². The number of aliphatic carboxylic acids is 1. The Morgan fingerprint density at radius 3 is 2.73 bits per heavy atom. The molecule has 0 spiro atoms. The lowest BCUT2D eigenvalue weighted by atomic mass is 9.82. The summed E-state index contributed by atoms with van der Waals surface area (Å²) in [6.45, 7) is 0.375. The maximum Gasteiger partial charge on any atom is 0.353 e. The summed E-state index contributed by atoms with van der Waals surface area (Å²) in [5, 5.41) is 43.1. The number of phenolic OH excluding ortho intramolecular Hbond substituents is 2. The van der Waals surface area contributed by atoms with E-state index in [1.165, 1.54) is 26.6 Å². The third-order valence-electron chi connectivity index (χ3n) is 6.06. The van der Waals surface area contributed by atoms with E-state index in [1.807, 2.05) is 0 Å². The number of allylic oxidation sites excluding steroid dienone is 1. The number of carbonyl (C=O) groups excluding carboxylic acids is 2. The van der Waals surface area contributed by atoms with Crippen LogP contribution in [0.4, 0.5) is 4.79 Å².